The van der Waals surface area contributed by atoms with E-state index in [1.54, 1.807) is 23.0 Å². The first-order valence-electron chi connectivity index (χ1n) is 11.3. The van der Waals surface area contributed by atoms with Gasteiger partial charge < -0.3 is 4.74 Å². The summed E-state index contributed by atoms with van der Waals surface area (Å²) in [4.78, 5) is 13.2. The van der Waals surface area contributed by atoms with Crippen LogP contribution in [0.15, 0.2) is 47.3 Å². The third kappa shape index (κ3) is 3.86. The third-order valence-corrected chi connectivity index (χ3v) is 8.31. The fourth-order valence-corrected chi connectivity index (χ4v) is 6.22. The Balaban J connectivity index is 1.51. The van der Waals surface area contributed by atoms with Crippen LogP contribution in [0.3, 0.4) is 0 Å². The van der Waals surface area contributed by atoms with Gasteiger partial charge in [-0.25, -0.2) is 17.5 Å². The van der Waals surface area contributed by atoms with Gasteiger partial charge in [0.1, 0.15) is 11.2 Å². The molecule has 3 heterocycles. The van der Waals surface area contributed by atoms with E-state index in [1.165, 1.54) is 34.4 Å². The Morgan fingerprint density at radius 1 is 1.26 bits per heavy atom. The fraction of sp³-hybridized carbons (Fsp3) is 0.391. The van der Waals surface area contributed by atoms with Crippen LogP contribution in [0.2, 0.25) is 0 Å². The number of hydrogen-bond donors (Lipinski definition) is 0. The molecular formula is C23H25FN6O4S. The van der Waals surface area contributed by atoms with E-state index in [-0.39, 0.29) is 30.4 Å². The van der Waals surface area contributed by atoms with E-state index in [2.05, 4.69) is 15.4 Å². The number of rotatable bonds is 6. The number of aromatic nitrogens is 5. The Labute approximate surface area is 202 Å². The predicted octanol–water partition coefficient (Wildman–Crippen LogP) is 2.21. The summed E-state index contributed by atoms with van der Waals surface area (Å²) in [5.41, 5.74) is 1.84. The van der Waals surface area contributed by atoms with Gasteiger partial charge in [0, 0.05) is 19.6 Å². The van der Waals surface area contributed by atoms with Crippen molar-refractivity contribution in [1.29, 1.82) is 0 Å². The van der Waals surface area contributed by atoms with Gasteiger partial charge in [-0.15, -0.1) is 5.10 Å². The molecule has 0 N–H and O–H groups in total. The average Bonchev–Trinajstić information content (AvgIpc) is 3.49. The Bertz CT molecular complexity index is 1410. The van der Waals surface area contributed by atoms with E-state index >= 15 is 0 Å². The summed E-state index contributed by atoms with van der Waals surface area (Å²) in [5, 5.41) is 12.1. The zero-order valence-electron chi connectivity index (χ0n) is 19.4. The summed E-state index contributed by atoms with van der Waals surface area (Å²) in [7, 11) is -2.66. The number of aryl methyl sites for hydroxylation is 1. The van der Waals surface area contributed by atoms with Crippen molar-refractivity contribution in [2.45, 2.75) is 37.8 Å². The van der Waals surface area contributed by atoms with Crippen LogP contribution in [-0.4, -0.2) is 63.7 Å². The van der Waals surface area contributed by atoms with Gasteiger partial charge in [0.25, 0.3) is 10.0 Å². The van der Waals surface area contributed by atoms with Crippen molar-refractivity contribution in [2.24, 2.45) is 5.41 Å². The third-order valence-electron chi connectivity index (χ3n) is 6.60. The largest absolute Gasteiger partial charge is 0.468 e. The number of ether oxygens (including phenoxy) is 1. The molecule has 2 aromatic heterocycles. The number of methoxy groups -OCH3 is 1. The highest BCUT2D eigenvalue weighted by Gasteiger charge is 2.52. The second kappa shape index (κ2) is 8.68. The maximum Gasteiger partial charge on any atom is 0.317 e. The Morgan fingerprint density at radius 3 is 2.74 bits per heavy atom. The van der Waals surface area contributed by atoms with Crippen LogP contribution in [0.5, 0.6) is 0 Å². The number of benzene rings is 1. The number of esters is 1. The second-order valence-corrected chi connectivity index (χ2v) is 10.7. The summed E-state index contributed by atoms with van der Waals surface area (Å²) < 4.78 is 49.8. The van der Waals surface area contributed by atoms with Gasteiger partial charge in [-0.2, -0.15) is 9.40 Å². The summed E-state index contributed by atoms with van der Waals surface area (Å²) in [6.07, 6.45) is 6.32. The van der Waals surface area contributed by atoms with E-state index < -0.39 is 21.4 Å². The van der Waals surface area contributed by atoms with Crippen LogP contribution < -0.4 is 0 Å². The molecule has 35 heavy (non-hydrogen) atoms. The number of nitrogens with zero attached hydrogens (tertiary/aromatic N) is 6. The molecule has 184 valence electrons. The minimum atomic E-state index is -3.96. The highest BCUT2D eigenvalue weighted by Crippen LogP contribution is 2.46. The SMILES string of the molecule is CCCn1cc(S(=O)(=O)N2CCC3=Cc4c(cnn4-c4ccc(F)cc4)CC3(C(=O)OC)C2)nn1. The van der Waals surface area contributed by atoms with Crippen molar-refractivity contribution in [2.75, 3.05) is 20.2 Å². The molecule has 1 aliphatic heterocycles. The topological polar surface area (TPSA) is 112 Å². The first-order valence-corrected chi connectivity index (χ1v) is 12.7. The molecule has 1 saturated heterocycles. The molecule has 10 nitrogen and oxygen atoms in total. The van der Waals surface area contributed by atoms with Crippen molar-refractivity contribution in [3.05, 3.63) is 59.3 Å². The number of hydrogen-bond acceptors (Lipinski definition) is 7. The van der Waals surface area contributed by atoms with Crippen LogP contribution in [0.1, 0.15) is 31.0 Å². The number of carbonyl (C=O) groups excluding carboxylic acids is 1. The van der Waals surface area contributed by atoms with Gasteiger partial charge >= 0.3 is 5.97 Å². The Hall–Kier alpha value is -3.38. The number of piperidine rings is 1. The lowest BCUT2D eigenvalue weighted by atomic mass is 9.69. The number of sulfonamides is 1. The van der Waals surface area contributed by atoms with Crippen molar-refractivity contribution in [3.63, 3.8) is 0 Å². The van der Waals surface area contributed by atoms with Crippen LogP contribution in [0, 0.1) is 11.2 Å². The molecule has 1 unspecified atom stereocenters. The van der Waals surface area contributed by atoms with Crippen LogP contribution in [0.4, 0.5) is 4.39 Å². The lowest BCUT2D eigenvalue weighted by Crippen LogP contribution is -2.53. The van der Waals surface area contributed by atoms with Gasteiger partial charge in [0.05, 0.1) is 30.9 Å². The normalized spacial score (nSPS) is 20.1. The minimum Gasteiger partial charge on any atom is -0.468 e. The van der Waals surface area contributed by atoms with Crippen molar-refractivity contribution >= 4 is 22.1 Å². The maximum absolute atomic E-state index is 13.4. The lowest BCUT2D eigenvalue weighted by Gasteiger charge is -2.43. The monoisotopic (exact) mass is 500 g/mol. The molecule has 0 radical (unpaired) electrons. The molecular weight excluding hydrogens is 475 g/mol. The van der Waals surface area contributed by atoms with E-state index in [0.717, 1.165) is 23.3 Å². The number of halogens is 1. The highest BCUT2D eigenvalue weighted by atomic mass is 32.2. The van der Waals surface area contributed by atoms with Crippen LogP contribution in [0.25, 0.3) is 11.8 Å². The zero-order valence-corrected chi connectivity index (χ0v) is 20.2. The van der Waals surface area contributed by atoms with E-state index in [9.17, 15) is 17.6 Å². The lowest BCUT2D eigenvalue weighted by molar-refractivity contribution is -0.151. The summed E-state index contributed by atoms with van der Waals surface area (Å²) in [5.74, 6) is -0.848. The average molecular weight is 501 g/mol. The highest BCUT2D eigenvalue weighted by molar-refractivity contribution is 7.89. The van der Waals surface area contributed by atoms with Crippen LogP contribution in [-0.2, 0) is 32.5 Å². The summed E-state index contributed by atoms with van der Waals surface area (Å²) >= 11 is 0. The molecule has 1 aliphatic carbocycles. The molecule has 1 atom stereocenters. The van der Waals surface area contributed by atoms with E-state index in [4.69, 9.17) is 4.74 Å². The maximum atomic E-state index is 13.4. The molecule has 3 aromatic rings. The predicted molar refractivity (Wildman–Crippen MR) is 123 cm³/mol. The zero-order chi connectivity index (χ0) is 24.8. The molecule has 12 heteroatoms. The molecule has 2 aliphatic rings. The van der Waals surface area contributed by atoms with Gasteiger partial charge in [0.15, 0.2) is 0 Å². The molecule has 1 fully saturated rings. The van der Waals surface area contributed by atoms with Gasteiger partial charge in [0.2, 0.25) is 5.03 Å². The standard InChI is InChI=1S/C23H25FN6O4S/c1-3-9-28-14-21(26-27-28)35(32,33)29-10-8-17-11-20-16(12-23(17,15-29)22(31)34-2)13-25-30(20)19-6-4-18(24)5-7-19/h4-7,11,13-14H,3,8-10,12,15H2,1-2H3. The summed E-state index contributed by atoms with van der Waals surface area (Å²) in [6, 6.07) is 5.98. The summed E-state index contributed by atoms with van der Waals surface area (Å²) in [6.45, 7) is 2.63. The smallest absolute Gasteiger partial charge is 0.317 e. The van der Waals surface area contributed by atoms with Gasteiger partial charge in [-0.05, 0) is 60.7 Å². The molecule has 5 rings (SSSR count). The van der Waals surface area contributed by atoms with Crippen molar-refractivity contribution < 1.29 is 22.3 Å². The molecule has 0 bridgehead atoms. The molecule has 1 aromatic carbocycles. The quantitative estimate of drug-likeness (QED) is 0.477. The number of carbonyl (C=O) groups is 1. The Morgan fingerprint density at radius 2 is 2.03 bits per heavy atom. The van der Waals surface area contributed by atoms with E-state index in [0.29, 0.717) is 18.7 Å². The minimum absolute atomic E-state index is 0.0738. The van der Waals surface area contributed by atoms with E-state index in [1.807, 2.05) is 13.0 Å². The van der Waals surface area contributed by atoms with Crippen molar-refractivity contribution in [1.82, 2.24) is 29.1 Å². The fourth-order valence-electron chi connectivity index (χ4n) is 4.84. The van der Waals surface area contributed by atoms with Gasteiger partial charge in [-0.1, -0.05) is 12.1 Å². The number of fused-ring (bicyclic) bond motifs is 2. The van der Waals surface area contributed by atoms with Gasteiger partial charge in [-0.3, -0.25) is 9.48 Å². The second-order valence-electron chi connectivity index (χ2n) is 8.77. The van der Waals surface area contributed by atoms with Crippen molar-refractivity contribution in [3.8, 4) is 5.69 Å². The molecule has 0 spiro atoms. The Kier molecular flexibility index (Phi) is 5.80. The molecule has 0 amide bonds. The molecule has 0 saturated carbocycles. The van der Waals surface area contributed by atoms with Crippen LogP contribution >= 0.6 is 0 Å². The first-order chi connectivity index (χ1) is 16.8. The first kappa shape index (κ1) is 23.4.